The molecule has 0 aliphatic rings. The van der Waals surface area contributed by atoms with Crippen LogP contribution in [0, 0.1) is 13.8 Å². The normalized spacial score (nSPS) is 10.9. The number of anilines is 2. The van der Waals surface area contributed by atoms with Crippen LogP contribution < -0.4 is 19.1 Å². The number of esters is 1. The molecule has 1 amide bonds. The first-order valence-corrected chi connectivity index (χ1v) is 12.4. The Morgan fingerprint density at radius 2 is 1.50 bits per heavy atom. The van der Waals surface area contributed by atoms with Crippen molar-refractivity contribution in [3.63, 3.8) is 0 Å². The molecular formula is C26H28N2O7S. The van der Waals surface area contributed by atoms with Gasteiger partial charge in [0.1, 0.15) is 6.54 Å². The number of methoxy groups -OCH3 is 3. The molecule has 0 atom stereocenters. The van der Waals surface area contributed by atoms with E-state index in [-0.39, 0.29) is 27.6 Å². The van der Waals surface area contributed by atoms with Crippen molar-refractivity contribution in [3.05, 3.63) is 77.4 Å². The summed E-state index contributed by atoms with van der Waals surface area (Å²) in [5.74, 6) is -0.858. The summed E-state index contributed by atoms with van der Waals surface area (Å²) < 4.78 is 43.6. The Kier molecular flexibility index (Phi) is 8.21. The highest BCUT2D eigenvalue weighted by atomic mass is 32.2. The standard InChI is InChI=1S/C26H28N2O7S/c1-17-10-12-19(13-11-17)36(31,32)28(22-9-7-6-8-18(22)2)16-25(29)27-21-15-24(34-4)23(33-3)14-20(21)26(30)35-5/h6-15H,16H2,1-5H3,(H,27,29). The molecule has 0 saturated carbocycles. The van der Waals surface area contributed by atoms with Crippen LogP contribution in [0.2, 0.25) is 0 Å². The summed E-state index contributed by atoms with van der Waals surface area (Å²) >= 11 is 0. The summed E-state index contributed by atoms with van der Waals surface area (Å²) in [6, 6.07) is 16.0. The Morgan fingerprint density at radius 1 is 0.889 bits per heavy atom. The minimum Gasteiger partial charge on any atom is -0.493 e. The van der Waals surface area contributed by atoms with Crippen molar-refractivity contribution in [1.82, 2.24) is 0 Å². The molecule has 0 heterocycles. The lowest BCUT2D eigenvalue weighted by molar-refractivity contribution is -0.114. The number of aryl methyl sites for hydroxylation is 2. The van der Waals surface area contributed by atoms with Crippen molar-refractivity contribution in [2.45, 2.75) is 18.7 Å². The predicted octanol–water partition coefficient (Wildman–Crippen LogP) is 3.94. The molecule has 36 heavy (non-hydrogen) atoms. The fraction of sp³-hybridized carbons (Fsp3) is 0.231. The van der Waals surface area contributed by atoms with Gasteiger partial charge >= 0.3 is 5.97 Å². The number of para-hydroxylation sites is 1. The lowest BCUT2D eigenvalue weighted by Crippen LogP contribution is -2.38. The Hall–Kier alpha value is -4.05. The molecule has 0 saturated heterocycles. The van der Waals surface area contributed by atoms with Gasteiger partial charge in [-0.1, -0.05) is 35.9 Å². The average Bonchev–Trinajstić information content (AvgIpc) is 2.87. The van der Waals surface area contributed by atoms with Gasteiger partial charge in [0, 0.05) is 12.1 Å². The van der Waals surface area contributed by atoms with Gasteiger partial charge in [-0.2, -0.15) is 0 Å². The second kappa shape index (κ2) is 11.1. The Morgan fingerprint density at radius 3 is 2.08 bits per heavy atom. The first-order valence-electron chi connectivity index (χ1n) is 10.9. The molecule has 0 aromatic heterocycles. The first kappa shape index (κ1) is 26.6. The summed E-state index contributed by atoms with van der Waals surface area (Å²) in [5.41, 5.74) is 2.03. The Balaban J connectivity index is 2.03. The summed E-state index contributed by atoms with van der Waals surface area (Å²) in [4.78, 5) is 25.6. The molecule has 0 spiro atoms. The molecule has 3 aromatic rings. The average molecular weight is 513 g/mol. The van der Waals surface area contributed by atoms with Gasteiger partial charge in [-0.15, -0.1) is 0 Å². The van der Waals surface area contributed by atoms with E-state index >= 15 is 0 Å². The minimum absolute atomic E-state index is 0.0207. The highest BCUT2D eigenvalue weighted by Gasteiger charge is 2.29. The molecule has 3 rings (SSSR count). The number of hydrogen-bond donors (Lipinski definition) is 1. The van der Waals surface area contributed by atoms with Gasteiger partial charge in [0.2, 0.25) is 5.91 Å². The largest absolute Gasteiger partial charge is 0.493 e. The van der Waals surface area contributed by atoms with Crippen molar-refractivity contribution in [2.24, 2.45) is 0 Å². The quantitative estimate of drug-likeness (QED) is 0.432. The molecule has 9 nitrogen and oxygen atoms in total. The Labute approximate surface area is 210 Å². The monoisotopic (exact) mass is 512 g/mol. The van der Waals surface area contributed by atoms with Crippen LogP contribution in [0.5, 0.6) is 11.5 Å². The van der Waals surface area contributed by atoms with E-state index in [1.807, 2.05) is 6.92 Å². The highest BCUT2D eigenvalue weighted by Crippen LogP contribution is 2.34. The lowest BCUT2D eigenvalue weighted by Gasteiger charge is -2.26. The molecule has 3 aromatic carbocycles. The second-order valence-electron chi connectivity index (χ2n) is 7.90. The molecule has 0 aliphatic carbocycles. The lowest BCUT2D eigenvalue weighted by atomic mass is 10.1. The number of nitrogens with zero attached hydrogens (tertiary/aromatic N) is 1. The van der Waals surface area contributed by atoms with Gasteiger partial charge in [-0.3, -0.25) is 9.10 Å². The van der Waals surface area contributed by atoms with Gasteiger partial charge in [-0.25, -0.2) is 13.2 Å². The number of rotatable bonds is 9. The zero-order valence-electron chi connectivity index (χ0n) is 20.7. The maximum Gasteiger partial charge on any atom is 0.340 e. The topological polar surface area (TPSA) is 111 Å². The van der Waals surface area contributed by atoms with E-state index in [1.54, 1.807) is 43.3 Å². The molecule has 0 aliphatic heterocycles. The van der Waals surface area contributed by atoms with E-state index in [0.717, 1.165) is 9.87 Å². The van der Waals surface area contributed by atoms with Crippen LogP contribution in [0.25, 0.3) is 0 Å². The van der Waals surface area contributed by atoms with E-state index in [9.17, 15) is 18.0 Å². The van der Waals surface area contributed by atoms with Gasteiger partial charge in [0.15, 0.2) is 11.5 Å². The van der Waals surface area contributed by atoms with Gasteiger partial charge < -0.3 is 19.5 Å². The maximum absolute atomic E-state index is 13.6. The smallest absolute Gasteiger partial charge is 0.340 e. The third-order valence-electron chi connectivity index (χ3n) is 5.48. The summed E-state index contributed by atoms with van der Waals surface area (Å²) in [6.07, 6.45) is 0. The number of sulfonamides is 1. The van der Waals surface area contributed by atoms with Crippen LogP contribution in [0.4, 0.5) is 11.4 Å². The van der Waals surface area contributed by atoms with E-state index in [1.165, 1.54) is 45.6 Å². The number of carbonyl (C=O) groups excluding carboxylic acids is 2. The van der Waals surface area contributed by atoms with E-state index < -0.39 is 28.4 Å². The molecule has 0 radical (unpaired) electrons. The number of amides is 1. The zero-order valence-corrected chi connectivity index (χ0v) is 21.5. The third-order valence-corrected chi connectivity index (χ3v) is 7.26. The molecule has 190 valence electrons. The van der Waals surface area contributed by atoms with Crippen molar-refractivity contribution in [1.29, 1.82) is 0 Å². The van der Waals surface area contributed by atoms with Crippen molar-refractivity contribution in [3.8, 4) is 11.5 Å². The fourth-order valence-corrected chi connectivity index (χ4v) is 5.05. The highest BCUT2D eigenvalue weighted by molar-refractivity contribution is 7.92. The molecular weight excluding hydrogens is 484 g/mol. The molecule has 0 unspecified atom stereocenters. The van der Waals surface area contributed by atoms with Crippen molar-refractivity contribution >= 4 is 33.3 Å². The van der Waals surface area contributed by atoms with Crippen LogP contribution in [0.3, 0.4) is 0 Å². The maximum atomic E-state index is 13.6. The van der Waals surface area contributed by atoms with Crippen LogP contribution >= 0.6 is 0 Å². The third kappa shape index (κ3) is 5.60. The predicted molar refractivity (Wildman–Crippen MR) is 136 cm³/mol. The first-order chi connectivity index (χ1) is 17.1. The zero-order chi connectivity index (χ0) is 26.5. The summed E-state index contributed by atoms with van der Waals surface area (Å²) in [6.45, 7) is 3.07. The van der Waals surface area contributed by atoms with E-state index in [2.05, 4.69) is 5.32 Å². The summed E-state index contributed by atoms with van der Waals surface area (Å²) in [7, 11) is -0.0702. The number of benzene rings is 3. The van der Waals surface area contributed by atoms with Crippen LogP contribution in [0.15, 0.2) is 65.6 Å². The second-order valence-corrected chi connectivity index (χ2v) is 9.77. The fourth-order valence-electron chi connectivity index (χ4n) is 3.56. The summed E-state index contributed by atoms with van der Waals surface area (Å²) in [5, 5.41) is 2.62. The number of carbonyl (C=O) groups is 2. The number of nitrogens with one attached hydrogen (secondary N) is 1. The van der Waals surface area contributed by atoms with Gasteiger partial charge in [-0.05, 0) is 37.6 Å². The van der Waals surface area contributed by atoms with Crippen molar-refractivity contribution in [2.75, 3.05) is 37.5 Å². The molecule has 0 fully saturated rings. The van der Waals surface area contributed by atoms with Crippen LogP contribution in [-0.2, 0) is 19.6 Å². The number of hydrogen-bond acceptors (Lipinski definition) is 7. The van der Waals surface area contributed by atoms with Crippen molar-refractivity contribution < 1.29 is 32.2 Å². The van der Waals surface area contributed by atoms with Crippen LogP contribution in [-0.4, -0.2) is 48.2 Å². The van der Waals surface area contributed by atoms with Crippen LogP contribution in [0.1, 0.15) is 21.5 Å². The SMILES string of the molecule is COC(=O)c1cc(OC)c(OC)cc1NC(=O)CN(c1ccccc1C)S(=O)(=O)c1ccc(C)cc1. The molecule has 0 bridgehead atoms. The van der Waals surface area contributed by atoms with E-state index in [4.69, 9.17) is 14.2 Å². The Bertz CT molecular complexity index is 1370. The van der Waals surface area contributed by atoms with Gasteiger partial charge in [0.05, 0.1) is 43.2 Å². The van der Waals surface area contributed by atoms with Gasteiger partial charge in [0.25, 0.3) is 10.0 Å². The van der Waals surface area contributed by atoms with E-state index in [0.29, 0.717) is 11.3 Å². The molecule has 10 heteroatoms. The minimum atomic E-state index is -4.10. The number of ether oxygens (including phenoxy) is 3. The molecule has 1 N–H and O–H groups in total.